The second-order valence-corrected chi connectivity index (χ2v) is 8.34. The number of rotatable bonds is 2. The molecule has 3 rings (SSSR count). The second kappa shape index (κ2) is 6.21. The van der Waals surface area contributed by atoms with Gasteiger partial charge in [0, 0.05) is 5.39 Å². The molecule has 2 aromatic carbocycles. The highest BCUT2D eigenvalue weighted by Crippen LogP contribution is 2.40. The van der Waals surface area contributed by atoms with E-state index in [-0.39, 0.29) is 0 Å². The highest BCUT2D eigenvalue weighted by atomic mass is 32.2. The molecule has 0 radical (unpaired) electrons. The summed E-state index contributed by atoms with van der Waals surface area (Å²) >= 11 is 6.51. The molecule has 126 valence electrons. The van der Waals surface area contributed by atoms with Gasteiger partial charge in [-0.15, -0.1) is 0 Å². The van der Waals surface area contributed by atoms with Crippen LogP contribution in [-0.4, -0.2) is 36.5 Å². The summed E-state index contributed by atoms with van der Waals surface area (Å²) in [5, 5.41) is 16.9. The van der Waals surface area contributed by atoms with E-state index in [1.165, 1.54) is 16.8 Å². The predicted molar refractivity (Wildman–Crippen MR) is 101 cm³/mol. The molecule has 2 amide bonds. The number of nitrogens with two attached hydrogens (primary N) is 1. The number of urea groups is 1. The van der Waals surface area contributed by atoms with Crippen molar-refractivity contribution < 1.29 is 10.0 Å². The summed E-state index contributed by atoms with van der Waals surface area (Å²) in [6, 6.07) is 12.6. The van der Waals surface area contributed by atoms with Gasteiger partial charge < -0.3 is 5.32 Å². The van der Waals surface area contributed by atoms with Gasteiger partial charge in [-0.2, -0.15) is 5.06 Å². The molecule has 1 aliphatic rings. The fraction of sp³-hybridized carbons (Fsp3) is 0.250. The number of fused-ring (bicyclic) bond motifs is 1. The van der Waals surface area contributed by atoms with Crippen molar-refractivity contribution in [3.63, 3.8) is 0 Å². The number of carbonyl (C=O) groups is 1. The minimum atomic E-state index is -0.759. The van der Waals surface area contributed by atoms with Crippen LogP contribution in [-0.2, 0) is 0 Å². The number of anilines is 1. The quantitative estimate of drug-likeness (QED) is 0.329. The van der Waals surface area contributed by atoms with Crippen LogP contribution in [0.25, 0.3) is 10.8 Å². The van der Waals surface area contributed by atoms with Crippen molar-refractivity contribution in [3.8, 4) is 0 Å². The maximum atomic E-state index is 12.5. The van der Waals surface area contributed by atoms with Crippen LogP contribution in [0.3, 0.4) is 0 Å². The van der Waals surface area contributed by atoms with Crippen LogP contribution in [0.2, 0.25) is 0 Å². The Labute approximate surface area is 149 Å². The standard InChI is InChI=1S/C16H18N4O2S2/c1-16(2)13(19(17)15(23)24-16)20(22)14(21)18-12-9-5-7-10-6-3-4-8-11(10)12/h3-9,13,22H,17H2,1-2H3,(H,18,21)/t13-/m1/s1. The lowest BCUT2D eigenvalue weighted by molar-refractivity contribution is -0.114. The molecule has 1 heterocycles. The molecule has 1 saturated heterocycles. The largest absolute Gasteiger partial charge is 0.347 e. The zero-order valence-corrected chi connectivity index (χ0v) is 14.9. The van der Waals surface area contributed by atoms with Gasteiger partial charge in [-0.25, -0.2) is 10.6 Å². The normalized spacial score (nSPS) is 19.6. The Morgan fingerprint density at radius 2 is 2.00 bits per heavy atom. The van der Waals surface area contributed by atoms with Crippen molar-refractivity contribution in [2.45, 2.75) is 24.8 Å². The van der Waals surface area contributed by atoms with Gasteiger partial charge in [0.25, 0.3) is 0 Å². The van der Waals surface area contributed by atoms with Gasteiger partial charge in [0.2, 0.25) is 0 Å². The molecule has 2 aromatic rings. The molecule has 8 heteroatoms. The summed E-state index contributed by atoms with van der Waals surface area (Å²) in [4.78, 5) is 12.5. The SMILES string of the molecule is CC1(C)SC(=S)N(N)[C@@H]1N(O)C(=O)Nc1cccc2ccccc12. The molecule has 4 N–H and O–H groups in total. The average Bonchev–Trinajstić information content (AvgIpc) is 2.74. The molecule has 0 spiro atoms. The van der Waals surface area contributed by atoms with E-state index in [0.29, 0.717) is 15.1 Å². The number of thiocarbonyl (C=S) groups is 1. The van der Waals surface area contributed by atoms with E-state index in [2.05, 4.69) is 5.32 Å². The lowest BCUT2D eigenvalue weighted by Gasteiger charge is -2.34. The minimum absolute atomic E-state index is 0.432. The van der Waals surface area contributed by atoms with E-state index >= 15 is 0 Å². The van der Waals surface area contributed by atoms with E-state index in [4.69, 9.17) is 18.1 Å². The summed E-state index contributed by atoms with van der Waals surface area (Å²) in [5.41, 5.74) is 0.617. The number of carbonyl (C=O) groups excluding carboxylic acids is 1. The molecule has 6 nitrogen and oxygen atoms in total. The molecule has 24 heavy (non-hydrogen) atoms. The molecular weight excluding hydrogens is 344 g/mol. The number of hydrogen-bond acceptors (Lipinski definition) is 5. The zero-order chi connectivity index (χ0) is 17.5. The highest BCUT2D eigenvalue weighted by Gasteiger charge is 2.48. The van der Waals surface area contributed by atoms with Gasteiger partial charge in [0.05, 0.1) is 10.4 Å². The van der Waals surface area contributed by atoms with E-state index in [9.17, 15) is 10.0 Å². The van der Waals surface area contributed by atoms with E-state index in [1.807, 2.05) is 50.2 Å². The molecule has 0 unspecified atom stereocenters. The summed E-state index contributed by atoms with van der Waals surface area (Å²) in [5.74, 6) is 5.91. The number of nitrogens with zero attached hydrogens (tertiary/aromatic N) is 2. The van der Waals surface area contributed by atoms with Crippen molar-refractivity contribution in [2.75, 3.05) is 5.32 Å². The van der Waals surface area contributed by atoms with E-state index in [0.717, 1.165) is 10.8 Å². The Kier molecular flexibility index (Phi) is 4.39. The fourth-order valence-electron chi connectivity index (χ4n) is 2.80. The number of hydroxylamine groups is 2. The Morgan fingerprint density at radius 1 is 1.33 bits per heavy atom. The van der Waals surface area contributed by atoms with Gasteiger partial charge in [0.1, 0.15) is 0 Å². The first-order chi connectivity index (χ1) is 11.3. The second-order valence-electron chi connectivity index (χ2n) is 6.05. The Bertz CT molecular complexity index is 806. The van der Waals surface area contributed by atoms with Crippen LogP contribution in [0.5, 0.6) is 0 Å². The predicted octanol–water partition coefficient (Wildman–Crippen LogP) is 3.38. The average molecular weight is 362 g/mol. The number of thioether (sulfide) groups is 1. The van der Waals surface area contributed by atoms with E-state index in [1.54, 1.807) is 6.07 Å². The van der Waals surface area contributed by atoms with Crippen molar-refractivity contribution >= 4 is 50.8 Å². The van der Waals surface area contributed by atoms with Crippen molar-refractivity contribution in [2.24, 2.45) is 5.84 Å². The van der Waals surface area contributed by atoms with Crippen molar-refractivity contribution in [3.05, 3.63) is 42.5 Å². The van der Waals surface area contributed by atoms with Crippen LogP contribution in [0.4, 0.5) is 10.5 Å². The summed E-state index contributed by atoms with van der Waals surface area (Å²) in [6.45, 7) is 3.74. The monoisotopic (exact) mass is 362 g/mol. The first-order valence-electron chi connectivity index (χ1n) is 7.35. The van der Waals surface area contributed by atoms with Crippen LogP contribution >= 0.6 is 24.0 Å². The number of nitrogens with one attached hydrogen (secondary N) is 1. The third-order valence-electron chi connectivity index (χ3n) is 3.92. The Morgan fingerprint density at radius 3 is 2.67 bits per heavy atom. The Hall–Kier alpha value is -1.87. The van der Waals surface area contributed by atoms with Crippen LogP contribution in [0.15, 0.2) is 42.5 Å². The van der Waals surface area contributed by atoms with Gasteiger partial charge in [-0.1, -0.05) is 60.4 Å². The molecule has 0 aromatic heterocycles. The molecule has 1 aliphatic heterocycles. The number of benzene rings is 2. The number of amides is 2. The van der Waals surface area contributed by atoms with Crippen molar-refractivity contribution in [1.29, 1.82) is 0 Å². The smallest absolute Gasteiger partial charge is 0.305 e. The Balaban J connectivity index is 1.85. The third kappa shape index (κ3) is 2.93. The first kappa shape index (κ1) is 17.0. The molecule has 0 bridgehead atoms. The lowest BCUT2D eigenvalue weighted by Crippen LogP contribution is -2.57. The summed E-state index contributed by atoms with van der Waals surface area (Å²) in [6.07, 6.45) is -0.759. The number of hydrogen-bond donors (Lipinski definition) is 3. The highest BCUT2D eigenvalue weighted by molar-refractivity contribution is 8.24. The first-order valence-corrected chi connectivity index (χ1v) is 8.57. The van der Waals surface area contributed by atoms with Gasteiger partial charge >= 0.3 is 6.03 Å². The lowest BCUT2D eigenvalue weighted by atomic mass is 10.1. The summed E-state index contributed by atoms with van der Waals surface area (Å²) < 4.78 is -0.0987. The van der Waals surface area contributed by atoms with Crippen LogP contribution < -0.4 is 11.2 Å². The van der Waals surface area contributed by atoms with Crippen LogP contribution in [0.1, 0.15) is 13.8 Å². The summed E-state index contributed by atoms with van der Waals surface area (Å²) in [7, 11) is 0. The van der Waals surface area contributed by atoms with Crippen molar-refractivity contribution in [1.82, 2.24) is 10.1 Å². The van der Waals surface area contributed by atoms with Gasteiger partial charge in [0.15, 0.2) is 10.5 Å². The van der Waals surface area contributed by atoms with Crippen LogP contribution in [0, 0.1) is 0 Å². The fourth-order valence-corrected chi connectivity index (χ4v) is 4.51. The third-order valence-corrected chi connectivity index (χ3v) is 5.50. The zero-order valence-electron chi connectivity index (χ0n) is 13.3. The van der Waals surface area contributed by atoms with E-state index < -0.39 is 16.9 Å². The maximum Gasteiger partial charge on any atom is 0.347 e. The number of hydrazine groups is 1. The topological polar surface area (TPSA) is 81.8 Å². The van der Waals surface area contributed by atoms with Gasteiger partial charge in [-0.3, -0.25) is 10.2 Å². The minimum Gasteiger partial charge on any atom is -0.305 e. The molecule has 0 aliphatic carbocycles. The molecule has 1 fully saturated rings. The van der Waals surface area contributed by atoms with Gasteiger partial charge in [-0.05, 0) is 25.3 Å². The molecular formula is C16H18N4O2S2. The molecule has 1 atom stereocenters. The maximum absolute atomic E-state index is 12.5. The molecule has 0 saturated carbocycles.